The van der Waals surface area contributed by atoms with Crippen LogP contribution in [0.5, 0.6) is 0 Å². The molecule has 5 heteroatoms. The van der Waals surface area contributed by atoms with E-state index in [4.69, 9.17) is 9.84 Å². The molecule has 3 heterocycles. The molecule has 0 spiro atoms. The highest BCUT2D eigenvalue weighted by atomic mass is 16.5. The number of piperidine rings is 1. The summed E-state index contributed by atoms with van der Waals surface area (Å²) in [5.41, 5.74) is 2.46. The van der Waals surface area contributed by atoms with Crippen molar-refractivity contribution in [2.75, 3.05) is 32.8 Å². The number of hydrogen-bond acceptors (Lipinski definition) is 4. The predicted octanol–water partition coefficient (Wildman–Crippen LogP) is 2.26. The molecule has 0 unspecified atom stereocenters. The lowest BCUT2D eigenvalue weighted by atomic mass is 9.94. The molecular formula is C20H31N3O2. The molecule has 2 saturated heterocycles. The lowest BCUT2D eigenvalue weighted by molar-refractivity contribution is 0.0459. The molecule has 0 atom stereocenters. The number of fused-ring (bicyclic) bond motifs is 1. The van der Waals surface area contributed by atoms with Gasteiger partial charge in [-0.2, -0.15) is 5.10 Å². The van der Waals surface area contributed by atoms with E-state index in [2.05, 4.69) is 4.90 Å². The minimum Gasteiger partial charge on any atom is -0.381 e. The lowest BCUT2D eigenvalue weighted by Crippen LogP contribution is -2.40. The molecule has 1 aromatic rings. The summed E-state index contributed by atoms with van der Waals surface area (Å²) in [7, 11) is 0. The Morgan fingerprint density at radius 1 is 1.00 bits per heavy atom. The number of rotatable bonds is 4. The zero-order chi connectivity index (χ0) is 17.1. The molecule has 138 valence electrons. The van der Waals surface area contributed by atoms with Crippen LogP contribution in [0.25, 0.3) is 0 Å². The summed E-state index contributed by atoms with van der Waals surface area (Å²) in [6, 6.07) is 1.85. The van der Waals surface area contributed by atoms with Gasteiger partial charge in [-0.15, -0.1) is 0 Å². The molecule has 25 heavy (non-hydrogen) atoms. The smallest absolute Gasteiger partial charge is 0.267 e. The van der Waals surface area contributed by atoms with E-state index in [-0.39, 0.29) is 5.56 Å². The highest BCUT2D eigenvalue weighted by Crippen LogP contribution is 2.23. The summed E-state index contributed by atoms with van der Waals surface area (Å²) < 4.78 is 7.22. The zero-order valence-corrected chi connectivity index (χ0v) is 15.3. The molecule has 0 aromatic carbocycles. The van der Waals surface area contributed by atoms with Crippen molar-refractivity contribution in [3.05, 3.63) is 27.7 Å². The fraction of sp³-hybridized carbons (Fsp3) is 0.800. The molecular weight excluding hydrogens is 314 g/mol. The monoisotopic (exact) mass is 345 g/mol. The van der Waals surface area contributed by atoms with Gasteiger partial charge in [-0.05, 0) is 81.9 Å². The van der Waals surface area contributed by atoms with Crippen molar-refractivity contribution in [3.63, 3.8) is 0 Å². The fourth-order valence-electron chi connectivity index (χ4n) is 4.62. The Hall–Kier alpha value is -1.20. The second-order valence-corrected chi connectivity index (χ2v) is 8.14. The van der Waals surface area contributed by atoms with Crippen LogP contribution >= 0.6 is 0 Å². The van der Waals surface area contributed by atoms with Crippen molar-refractivity contribution in [1.29, 1.82) is 0 Å². The van der Waals surface area contributed by atoms with Gasteiger partial charge in [0.1, 0.15) is 0 Å². The molecule has 1 aromatic heterocycles. The number of ether oxygens (including phenoxy) is 1. The van der Waals surface area contributed by atoms with Gasteiger partial charge in [0.05, 0.1) is 5.69 Å². The van der Waals surface area contributed by atoms with Crippen LogP contribution in [-0.4, -0.2) is 47.5 Å². The van der Waals surface area contributed by atoms with Crippen molar-refractivity contribution in [2.24, 2.45) is 11.8 Å². The van der Waals surface area contributed by atoms with Crippen molar-refractivity contribution in [3.8, 4) is 0 Å². The number of aromatic nitrogens is 2. The SMILES string of the molecule is O=c1cc2c(nn1CC1CCN(CC3CCOCC3)CC1)CCCC2. The number of likely N-dealkylation sites (tertiary alicyclic amines) is 1. The molecule has 0 N–H and O–H groups in total. The van der Waals surface area contributed by atoms with Crippen LogP contribution < -0.4 is 5.56 Å². The highest BCUT2D eigenvalue weighted by Gasteiger charge is 2.24. The zero-order valence-electron chi connectivity index (χ0n) is 15.3. The third kappa shape index (κ3) is 4.32. The van der Waals surface area contributed by atoms with E-state index in [0.717, 1.165) is 38.5 Å². The Balaban J connectivity index is 1.30. The predicted molar refractivity (Wildman–Crippen MR) is 97.8 cm³/mol. The van der Waals surface area contributed by atoms with Gasteiger partial charge in [0.2, 0.25) is 0 Å². The third-order valence-electron chi connectivity index (χ3n) is 6.27. The molecule has 3 aliphatic rings. The summed E-state index contributed by atoms with van der Waals surface area (Å²) in [4.78, 5) is 15.0. The first-order valence-electron chi connectivity index (χ1n) is 10.2. The molecule has 0 amide bonds. The summed E-state index contributed by atoms with van der Waals surface area (Å²) in [6.07, 6.45) is 9.29. The Morgan fingerprint density at radius 3 is 2.52 bits per heavy atom. The molecule has 0 radical (unpaired) electrons. The van der Waals surface area contributed by atoms with E-state index in [1.165, 1.54) is 69.4 Å². The lowest BCUT2D eigenvalue weighted by Gasteiger charge is -2.35. The number of nitrogens with zero attached hydrogens (tertiary/aromatic N) is 3. The van der Waals surface area contributed by atoms with Gasteiger partial charge in [-0.3, -0.25) is 4.79 Å². The fourth-order valence-corrected chi connectivity index (χ4v) is 4.62. The van der Waals surface area contributed by atoms with Gasteiger partial charge in [0, 0.05) is 32.4 Å². The quantitative estimate of drug-likeness (QED) is 0.840. The molecule has 0 bridgehead atoms. The van der Waals surface area contributed by atoms with Crippen LogP contribution in [-0.2, 0) is 24.1 Å². The van der Waals surface area contributed by atoms with E-state index in [0.29, 0.717) is 5.92 Å². The molecule has 5 nitrogen and oxygen atoms in total. The van der Waals surface area contributed by atoms with Gasteiger partial charge in [-0.1, -0.05) is 0 Å². The average Bonchev–Trinajstić information content (AvgIpc) is 2.65. The molecule has 2 fully saturated rings. The topological polar surface area (TPSA) is 47.4 Å². The average molecular weight is 345 g/mol. The first-order chi connectivity index (χ1) is 12.3. The van der Waals surface area contributed by atoms with Crippen molar-refractivity contribution >= 4 is 0 Å². The Morgan fingerprint density at radius 2 is 1.72 bits per heavy atom. The number of aryl methyl sites for hydroxylation is 2. The maximum atomic E-state index is 12.4. The second kappa shape index (κ2) is 8.00. The summed E-state index contributed by atoms with van der Waals surface area (Å²) in [5.74, 6) is 1.41. The molecule has 1 aliphatic carbocycles. The van der Waals surface area contributed by atoms with Crippen LogP contribution in [0.4, 0.5) is 0 Å². The van der Waals surface area contributed by atoms with Crippen molar-refractivity contribution in [1.82, 2.24) is 14.7 Å². The Kier molecular flexibility index (Phi) is 5.51. The third-order valence-corrected chi connectivity index (χ3v) is 6.27. The maximum absolute atomic E-state index is 12.4. The van der Waals surface area contributed by atoms with E-state index < -0.39 is 0 Å². The normalized spacial score (nSPS) is 23.5. The second-order valence-electron chi connectivity index (χ2n) is 8.14. The van der Waals surface area contributed by atoms with Crippen LogP contribution in [0.3, 0.4) is 0 Å². The van der Waals surface area contributed by atoms with E-state index in [9.17, 15) is 4.79 Å². The van der Waals surface area contributed by atoms with Gasteiger partial charge >= 0.3 is 0 Å². The van der Waals surface area contributed by atoms with E-state index in [1.54, 1.807) is 4.68 Å². The van der Waals surface area contributed by atoms with Gasteiger partial charge < -0.3 is 9.64 Å². The van der Waals surface area contributed by atoms with Gasteiger partial charge in [0.15, 0.2) is 0 Å². The minimum atomic E-state index is 0.102. The highest BCUT2D eigenvalue weighted by molar-refractivity contribution is 5.20. The largest absolute Gasteiger partial charge is 0.381 e. The standard InChI is InChI=1S/C20H31N3O2/c24-20-13-18-3-1-2-4-19(18)21-23(20)15-16-5-9-22(10-6-16)14-17-7-11-25-12-8-17/h13,16-17H,1-12,14-15H2. The van der Waals surface area contributed by atoms with Gasteiger partial charge in [-0.25, -0.2) is 4.68 Å². The van der Waals surface area contributed by atoms with Crippen LogP contribution in [0.2, 0.25) is 0 Å². The molecule has 2 aliphatic heterocycles. The van der Waals surface area contributed by atoms with Crippen molar-refractivity contribution < 1.29 is 4.74 Å². The van der Waals surface area contributed by atoms with Crippen LogP contribution in [0.1, 0.15) is 49.8 Å². The summed E-state index contributed by atoms with van der Waals surface area (Å²) in [5, 5.41) is 4.70. The van der Waals surface area contributed by atoms with E-state index in [1.807, 2.05) is 6.07 Å². The minimum absolute atomic E-state index is 0.102. The Bertz CT molecular complexity index is 628. The maximum Gasteiger partial charge on any atom is 0.267 e. The summed E-state index contributed by atoms with van der Waals surface area (Å²) in [6.45, 7) is 6.25. The van der Waals surface area contributed by atoms with E-state index >= 15 is 0 Å². The van der Waals surface area contributed by atoms with Crippen LogP contribution in [0, 0.1) is 11.8 Å². The van der Waals surface area contributed by atoms with Gasteiger partial charge in [0.25, 0.3) is 5.56 Å². The Labute approximate surface area is 150 Å². The summed E-state index contributed by atoms with van der Waals surface area (Å²) >= 11 is 0. The van der Waals surface area contributed by atoms with Crippen molar-refractivity contribution in [2.45, 2.75) is 57.9 Å². The number of hydrogen-bond donors (Lipinski definition) is 0. The first kappa shape index (κ1) is 17.2. The first-order valence-corrected chi connectivity index (χ1v) is 10.2. The van der Waals surface area contributed by atoms with Crippen LogP contribution in [0.15, 0.2) is 10.9 Å². The molecule has 0 saturated carbocycles. The molecule has 4 rings (SSSR count).